The lowest BCUT2D eigenvalue weighted by atomic mass is 9.93. The van der Waals surface area contributed by atoms with Crippen LogP contribution in [0, 0.1) is 23.0 Å². The topological polar surface area (TPSA) is 99.8 Å². The minimum atomic E-state index is -4.91. The van der Waals surface area contributed by atoms with Gasteiger partial charge in [0.1, 0.15) is 17.7 Å². The number of nitriles is 1. The van der Waals surface area contributed by atoms with Gasteiger partial charge in [-0.2, -0.15) is 23.5 Å². The summed E-state index contributed by atoms with van der Waals surface area (Å²) in [6, 6.07) is 8.25. The van der Waals surface area contributed by atoms with Crippen LogP contribution in [0.5, 0.6) is 0 Å². The maximum Gasteiger partial charge on any atom is 0.416 e. The Morgan fingerprint density at radius 3 is 2.59 bits per heavy atom. The first kappa shape index (κ1) is 27.8. The highest BCUT2D eigenvalue weighted by Crippen LogP contribution is 2.42. The number of aromatic nitrogens is 2. The molecule has 2 amide bonds. The van der Waals surface area contributed by atoms with E-state index < -0.39 is 52.8 Å². The Hall–Kier alpha value is -4.76. The van der Waals surface area contributed by atoms with Gasteiger partial charge in [-0.1, -0.05) is 11.6 Å². The fourth-order valence-electron chi connectivity index (χ4n) is 4.51. The third kappa shape index (κ3) is 5.36. The Balaban J connectivity index is 1.66. The largest absolute Gasteiger partial charge is 0.416 e. The molecule has 2 unspecified atom stereocenters. The first-order chi connectivity index (χ1) is 19.3. The molecular formula is C28H17ClF5N5O2. The minimum absolute atomic E-state index is 0.0231. The number of fused-ring (bicyclic) bond motifs is 1. The van der Waals surface area contributed by atoms with Gasteiger partial charge in [0.15, 0.2) is 0 Å². The summed E-state index contributed by atoms with van der Waals surface area (Å²) >= 11 is 6.30. The third-order valence-corrected chi connectivity index (χ3v) is 6.86. The third-order valence-electron chi connectivity index (χ3n) is 6.51. The smallest absolute Gasteiger partial charge is 0.341 e. The Labute approximate surface area is 234 Å². The number of amides is 2. The van der Waals surface area contributed by atoms with E-state index in [9.17, 15) is 36.8 Å². The van der Waals surface area contributed by atoms with Gasteiger partial charge in [0, 0.05) is 44.7 Å². The molecule has 13 heteroatoms. The van der Waals surface area contributed by atoms with Gasteiger partial charge in [-0.25, -0.2) is 8.78 Å². The van der Waals surface area contributed by atoms with Crippen molar-refractivity contribution in [1.29, 1.82) is 5.26 Å². The van der Waals surface area contributed by atoms with Crippen molar-refractivity contribution in [1.82, 2.24) is 15.1 Å². The summed E-state index contributed by atoms with van der Waals surface area (Å²) in [7, 11) is 0. The van der Waals surface area contributed by atoms with Crippen LogP contribution in [0.15, 0.2) is 60.9 Å². The minimum Gasteiger partial charge on any atom is -0.341 e. The van der Waals surface area contributed by atoms with Crippen molar-refractivity contribution in [3.63, 3.8) is 0 Å². The van der Waals surface area contributed by atoms with Crippen LogP contribution in [-0.4, -0.2) is 21.6 Å². The molecule has 0 aliphatic carbocycles. The van der Waals surface area contributed by atoms with Crippen molar-refractivity contribution in [2.24, 2.45) is 0 Å². The molecule has 0 saturated carbocycles. The van der Waals surface area contributed by atoms with Gasteiger partial charge in [0.25, 0.3) is 11.8 Å². The van der Waals surface area contributed by atoms with Crippen LogP contribution in [-0.2, 0) is 6.18 Å². The molecule has 2 heterocycles. The van der Waals surface area contributed by atoms with E-state index >= 15 is 0 Å². The highest BCUT2D eigenvalue weighted by molar-refractivity contribution is 6.31. The molecule has 0 fully saturated rings. The molecule has 2 atom stereocenters. The van der Waals surface area contributed by atoms with E-state index in [-0.39, 0.29) is 33.5 Å². The average Bonchev–Trinajstić information content (AvgIpc) is 3.54. The second kappa shape index (κ2) is 10.3. The maximum atomic E-state index is 14.2. The lowest BCUT2D eigenvalue weighted by Gasteiger charge is -2.19. The van der Waals surface area contributed by atoms with Gasteiger partial charge in [0.2, 0.25) is 0 Å². The van der Waals surface area contributed by atoms with Crippen LogP contribution in [0.2, 0.25) is 5.02 Å². The summed E-state index contributed by atoms with van der Waals surface area (Å²) in [6.07, 6.45) is -1.94. The number of hydrogen-bond donors (Lipinski definition) is 2. The SMILES string of the molecule is CC(C#N)n1cc(-c2cc(NC(=O)c3cc(F)cc(C(F)(F)F)c3)c3c(c2)C(=O)NC3c2cc(F)ccc2Cl)cn1. The van der Waals surface area contributed by atoms with Crippen LogP contribution in [0.4, 0.5) is 27.6 Å². The number of alkyl halides is 3. The summed E-state index contributed by atoms with van der Waals surface area (Å²) in [6.45, 7) is 1.61. The lowest BCUT2D eigenvalue weighted by molar-refractivity contribution is -0.137. The number of carbonyl (C=O) groups is 2. The summed E-state index contributed by atoms with van der Waals surface area (Å²) in [5.41, 5.74) is -0.772. The van der Waals surface area contributed by atoms with Crippen molar-refractivity contribution in [3.8, 4) is 17.2 Å². The zero-order valence-corrected chi connectivity index (χ0v) is 21.6. The molecular weight excluding hydrogens is 569 g/mol. The molecule has 208 valence electrons. The van der Waals surface area contributed by atoms with Gasteiger partial charge in [-0.05, 0) is 61.0 Å². The molecule has 2 N–H and O–H groups in total. The molecule has 41 heavy (non-hydrogen) atoms. The fourth-order valence-corrected chi connectivity index (χ4v) is 4.74. The Kier molecular flexibility index (Phi) is 7.00. The van der Waals surface area contributed by atoms with Gasteiger partial charge < -0.3 is 10.6 Å². The van der Waals surface area contributed by atoms with Gasteiger partial charge in [0.05, 0.1) is 23.9 Å². The number of rotatable bonds is 5. The molecule has 1 aromatic heterocycles. The number of benzene rings is 3. The number of anilines is 1. The lowest BCUT2D eigenvalue weighted by Crippen LogP contribution is -2.21. The summed E-state index contributed by atoms with van der Waals surface area (Å²) in [5.74, 6) is -3.60. The Morgan fingerprint density at radius 2 is 1.88 bits per heavy atom. The maximum absolute atomic E-state index is 14.2. The normalized spacial score (nSPS) is 15.2. The van der Waals surface area contributed by atoms with Crippen molar-refractivity contribution >= 4 is 29.1 Å². The van der Waals surface area contributed by atoms with Crippen LogP contribution < -0.4 is 10.6 Å². The van der Waals surface area contributed by atoms with E-state index in [4.69, 9.17) is 11.6 Å². The number of halogens is 6. The highest BCUT2D eigenvalue weighted by atomic mass is 35.5. The molecule has 3 aromatic carbocycles. The molecule has 0 bridgehead atoms. The summed E-state index contributed by atoms with van der Waals surface area (Å²) in [5, 5.41) is 18.6. The predicted molar refractivity (Wildman–Crippen MR) is 138 cm³/mol. The number of carbonyl (C=O) groups excluding carboxylic acids is 2. The van der Waals surface area contributed by atoms with Crippen molar-refractivity contribution in [2.75, 3.05) is 5.32 Å². The van der Waals surface area contributed by atoms with Gasteiger partial charge >= 0.3 is 6.18 Å². The zero-order valence-electron chi connectivity index (χ0n) is 20.9. The van der Waals surface area contributed by atoms with Crippen LogP contribution in [0.25, 0.3) is 11.1 Å². The first-order valence-electron chi connectivity index (χ1n) is 11.9. The Bertz CT molecular complexity index is 1760. The highest BCUT2D eigenvalue weighted by Gasteiger charge is 2.36. The summed E-state index contributed by atoms with van der Waals surface area (Å²) in [4.78, 5) is 26.3. The number of nitrogens with zero attached hydrogens (tertiary/aromatic N) is 3. The van der Waals surface area contributed by atoms with E-state index in [2.05, 4.69) is 15.7 Å². The second-order valence-electron chi connectivity index (χ2n) is 9.25. The van der Waals surface area contributed by atoms with Crippen LogP contribution in [0.3, 0.4) is 0 Å². The van der Waals surface area contributed by atoms with Crippen LogP contribution >= 0.6 is 11.6 Å². The van der Waals surface area contributed by atoms with Crippen molar-refractivity contribution in [3.05, 3.63) is 105 Å². The standard InChI is InChI=1S/C28H17ClF5N5O2/c1-13(10-35)39-12-16(11-36-39)14-6-21-24(25(38-27(21)41)20-9-18(30)2-3-22(20)29)23(7-14)37-26(40)15-4-17(28(32,33)34)8-19(31)5-15/h2-9,11-13,25H,1H3,(H,37,40)(H,38,41). The van der Waals surface area contributed by atoms with E-state index in [1.807, 2.05) is 6.07 Å². The first-order valence-corrected chi connectivity index (χ1v) is 12.3. The Morgan fingerprint density at radius 1 is 1.12 bits per heavy atom. The predicted octanol–water partition coefficient (Wildman–Crippen LogP) is 6.67. The van der Waals surface area contributed by atoms with Crippen molar-refractivity contribution < 1.29 is 31.5 Å². The van der Waals surface area contributed by atoms with Crippen molar-refractivity contribution in [2.45, 2.75) is 25.2 Å². The average molecular weight is 586 g/mol. The van der Waals surface area contributed by atoms with Gasteiger partial charge in [-0.15, -0.1) is 0 Å². The van der Waals surface area contributed by atoms with Crippen LogP contribution in [0.1, 0.15) is 56.4 Å². The molecule has 1 aliphatic rings. The molecule has 0 saturated heterocycles. The fraction of sp³-hybridized carbons (Fsp3) is 0.143. The summed E-state index contributed by atoms with van der Waals surface area (Å²) < 4.78 is 69.4. The van der Waals surface area contributed by atoms with E-state index in [0.29, 0.717) is 23.3 Å². The molecule has 5 rings (SSSR count). The molecule has 7 nitrogen and oxygen atoms in total. The second-order valence-corrected chi connectivity index (χ2v) is 9.66. The van der Waals surface area contributed by atoms with E-state index in [0.717, 1.165) is 12.1 Å². The van der Waals surface area contributed by atoms with E-state index in [1.165, 1.54) is 35.3 Å². The molecule has 0 radical (unpaired) electrons. The number of nitrogens with one attached hydrogen (secondary N) is 2. The zero-order chi connectivity index (χ0) is 29.6. The molecule has 0 spiro atoms. The van der Waals surface area contributed by atoms with Gasteiger partial charge in [-0.3, -0.25) is 14.3 Å². The monoisotopic (exact) mass is 585 g/mol. The number of hydrogen-bond acceptors (Lipinski definition) is 4. The quantitative estimate of drug-likeness (QED) is 0.256. The van der Waals surface area contributed by atoms with E-state index in [1.54, 1.807) is 6.92 Å². The molecule has 4 aromatic rings. The molecule has 1 aliphatic heterocycles.